The second-order valence-electron chi connectivity index (χ2n) is 10.1. The number of esters is 1. The monoisotopic (exact) mass is 376 g/mol. The molecule has 2 atom stereocenters. The van der Waals surface area contributed by atoms with E-state index in [4.69, 9.17) is 14.2 Å². The summed E-state index contributed by atoms with van der Waals surface area (Å²) in [5.74, 6) is 1.08. The van der Waals surface area contributed by atoms with Gasteiger partial charge in [0.05, 0.1) is 18.8 Å². The molecule has 4 aliphatic carbocycles. The molecule has 4 bridgehead atoms. The van der Waals surface area contributed by atoms with Gasteiger partial charge in [-0.15, -0.1) is 0 Å². The summed E-state index contributed by atoms with van der Waals surface area (Å²) in [7, 11) is 0. The Bertz CT molecular complexity index is 572. The van der Waals surface area contributed by atoms with Crippen molar-refractivity contribution in [3.63, 3.8) is 0 Å². The zero-order valence-corrected chi connectivity index (χ0v) is 17.2. The fourth-order valence-corrected chi connectivity index (χ4v) is 6.47. The van der Waals surface area contributed by atoms with E-state index >= 15 is 0 Å². The lowest BCUT2D eigenvalue weighted by molar-refractivity contribution is -0.232. The molecular weight excluding hydrogens is 340 g/mol. The van der Waals surface area contributed by atoms with Gasteiger partial charge < -0.3 is 14.2 Å². The Balaban J connectivity index is 1.31. The van der Waals surface area contributed by atoms with Crippen molar-refractivity contribution >= 4 is 5.97 Å². The van der Waals surface area contributed by atoms with Crippen molar-refractivity contribution in [3.8, 4) is 0 Å². The third-order valence-corrected chi connectivity index (χ3v) is 7.69. The summed E-state index contributed by atoms with van der Waals surface area (Å²) < 4.78 is 18.0. The van der Waals surface area contributed by atoms with E-state index in [0.29, 0.717) is 22.8 Å². The van der Waals surface area contributed by atoms with Crippen LogP contribution in [0.1, 0.15) is 78.1 Å². The number of rotatable bonds is 9. The molecule has 0 spiro atoms. The Morgan fingerprint density at radius 2 is 1.78 bits per heavy atom. The summed E-state index contributed by atoms with van der Waals surface area (Å²) in [6, 6.07) is 0. The molecule has 1 saturated heterocycles. The third-order valence-electron chi connectivity index (χ3n) is 7.69. The first-order chi connectivity index (χ1) is 12.9. The molecule has 5 fully saturated rings. The van der Waals surface area contributed by atoms with E-state index in [2.05, 4.69) is 13.5 Å². The zero-order valence-electron chi connectivity index (χ0n) is 17.2. The highest BCUT2D eigenvalue weighted by atomic mass is 16.6. The van der Waals surface area contributed by atoms with E-state index in [0.717, 1.165) is 58.3 Å². The second-order valence-corrected chi connectivity index (χ2v) is 10.1. The van der Waals surface area contributed by atoms with Crippen LogP contribution < -0.4 is 0 Å². The molecule has 0 aromatic carbocycles. The molecule has 5 rings (SSSR count). The molecule has 1 aliphatic heterocycles. The van der Waals surface area contributed by atoms with E-state index in [1.807, 2.05) is 0 Å². The van der Waals surface area contributed by atoms with E-state index in [1.165, 1.54) is 25.7 Å². The number of carbonyl (C=O) groups excluding carboxylic acids is 1. The van der Waals surface area contributed by atoms with E-state index in [-0.39, 0.29) is 17.2 Å². The van der Waals surface area contributed by atoms with Crippen LogP contribution >= 0.6 is 0 Å². The van der Waals surface area contributed by atoms with Crippen LogP contribution in [0.5, 0.6) is 0 Å². The fourth-order valence-electron chi connectivity index (χ4n) is 6.47. The van der Waals surface area contributed by atoms with Gasteiger partial charge in [-0.2, -0.15) is 0 Å². The fraction of sp³-hybridized carbons (Fsp3) is 0.870. The van der Waals surface area contributed by atoms with Crippen molar-refractivity contribution in [2.75, 3.05) is 19.8 Å². The van der Waals surface area contributed by atoms with Gasteiger partial charge in [0.25, 0.3) is 0 Å². The second kappa shape index (κ2) is 7.18. The molecule has 5 aliphatic rings. The first-order valence-corrected chi connectivity index (χ1v) is 11.0. The molecule has 4 heteroatoms. The number of carbonyl (C=O) groups is 1. The van der Waals surface area contributed by atoms with Gasteiger partial charge >= 0.3 is 5.97 Å². The van der Waals surface area contributed by atoms with E-state index < -0.39 is 0 Å². The first kappa shape index (κ1) is 19.4. The van der Waals surface area contributed by atoms with Crippen molar-refractivity contribution in [3.05, 3.63) is 12.2 Å². The average molecular weight is 377 g/mol. The van der Waals surface area contributed by atoms with Gasteiger partial charge in [-0.1, -0.05) is 19.9 Å². The van der Waals surface area contributed by atoms with Gasteiger partial charge in [-0.3, -0.25) is 0 Å². The Morgan fingerprint density at radius 3 is 2.33 bits per heavy atom. The summed E-state index contributed by atoms with van der Waals surface area (Å²) in [4.78, 5) is 12.2. The third kappa shape index (κ3) is 3.85. The highest BCUT2D eigenvalue weighted by Gasteiger charge is 2.60. The molecule has 27 heavy (non-hydrogen) atoms. The van der Waals surface area contributed by atoms with Crippen LogP contribution in [0.3, 0.4) is 0 Å². The first-order valence-electron chi connectivity index (χ1n) is 11.0. The van der Waals surface area contributed by atoms with Crippen molar-refractivity contribution in [1.82, 2.24) is 0 Å². The summed E-state index contributed by atoms with van der Waals surface area (Å²) >= 11 is 0. The largest absolute Gasteiger partial charge is 0.456 e. The molecule has 2 unspecified atom stereocenters. The highest BCUT2D eigenvalue weighted by Crippen LogP contribution is 2.60. The van der Waals surface area contributed by atoms with Crippen molar-refractivity contribution in [2.45, 2.75) is 89.3 Å². The number of unbranched alkanes of at least 4 members (excludes halogenated alkanes) is 1. The van der Waals surface area contributed by atoms with Crippen LogP contribution in [0.2, 0.25) is 0 Å². The lowest BCUT2D eigenvalue weighted by atomic mass is 9.52. The molecule has 0 radical (unpaired) electrons. The molecular formula is C23H36O4. The minimum absolute atomic E-state index is 0.0541. The Kier molecular flexibility index (Phi) is 5.17. The minimum Gasteiger partial charge on any atom is -0.456 e. The lowest BCUT2D eigenvalue weighted by Gasteiger charge is -2.60. The standard InChI is InChI=1S/C23H36O4/c1-4-21(15-25-16-21)7-5-6-8-26-22-10-18-9-19(11-22)13-23(12-18,14-22)27-20(24)17(2)3/h18-19H,2,4-16H2,1,3H3. The van der Waals surface area contributed by atoms with Crippen molar-refractivity contribution in [1.29, 1.82) is 0 Å². The molecule has 0 aromatic heterocycles. The minimum atomic E-state index is -0.296. The Labute approximate surface area is 164 Å². The van der Waals surface area contributed by atoms with Crippen LogP contribution in [-0.2, 0) is 19.0 Å². The zero-order chi connectivity index (χ0) is 19.1. The molecule has 1 heterocycles. The van der Waals surface area contributed by atoms with Gasteiger partial charge in [0.15, 0.2) is 0 Å². The Hall–Kier alpha value is -0.870. The molecule has 152 valence electrons. The predicted molar refractivity (Wildman–Crippen MR) is 104 cm³/mol. The summed E-state index contributed by atoms with van der Waals surface area (Å²) in [6.07, 6.45) is 11.3. The molecule has 4 saturated carbocycles. The maximum absolute atomic E-state index is 12.2. The van der Waals surface area contributed by atoms with E-state index in [1.54, 1.807) is 6.92 Å². The maximum atomic E-state index is 12.2. The molecule has 4 nitrogen and oxygen atoms in total. The Morgan fingerprint density at radius 1 is 1.11 bits per heavy atom. The normalized spacial score (nSPS) is 38.4. The van der Waals surface area contributed by atoms with Crippen molar-refractivity contribution in [2.24, 2.45) is 17.3 Å². The van der Waals surface area contributed by atoms with Gasteiger partial charge in [-0.05, 0) is 70.1 Å². The van der Waals surface area contributed by atoms with Crippen LogP contribution in [0.25, 0.3) is 0 Å². The highest BCUT2D eigenvalue weighted by molar-refractivity contribution is 5.87. The molecule has 0 aromatic rings. The summed E-state index contributed by atoms with van der Waals surface area (Å²) in [6.45, 7) is 10.5. The van der Waals surface area contributed by atoms with Crippen molar-refractivity contribution < 1.29 is 19.0 Å². The quantitative estimate of drug-likeness (QED) is 0.329. The van der Waals surface area contributed by atoms with Gasteiger partial charge in [0, 0.05) is 24.0 Å². The van der Waals surface area contributed by atoms with Crippen LogP contribution in [0.4, 0.5) is 0 Å². The number of ether oxygens (including phenoxy) is 3. The lowest BCUT2D eigenvalue weighted by Crippen LogP contribution is -2.61. The van der Waals surface area contributed by atoms with Gasteiger partial charge in [-0.25, -0.2) is 4.79 Å². The smallest absolute Gasteiger partial charge is 0.333 e. The summed E-state index contributed by atoms with van der Waals surface area (Å²) in [5.41, 5.74) is 0.601. The van der Waals surface area contributed by atoms with Gasteiger partial charge in [0.2, 0.25) is 0 Å². The number of hydrogen-bond donors (Lipinski definition) is 0. The maximum Gasteiger partial charge on any atom is 0.333 e. The van der Waals surface area contributed by atoms with Gasteiger partial charge in [0.1, 0.15) is 5.60 Å². The summed E-state index contributed by atoms with van der Waals surface area (Å²) in [5, 5.41) is 0. The van der Waals surface area contributed by atoms with E-state index in [9.17, 15) is 4.79 Å². The SMILES string of the molecule is C=C(C)C(=O)OC12CC3CC(CC(OCCCCC4(CC)COC4)(C3)C1)C2. The predicted octanol–water partition coefficient (Wildman–Crippen LogP) is 4.81. The molecule has 0 N–H and O–H groups in total. The average Bonchev–Trinajstić information content (AvgIpc) is 2.55. The number of hydrogen-bond acceptors (Lipinski definition) is 4. The topological polar surface area (TPSA) is 44.8 Å². The van der Waals surface area contributed by atoms with Crippen LogP contribution in [0.15, 0.2) is 12.2 Å². The van der Waals surface area contributed by atoms with Crippen LogP contribution in [0, 0.1) is 17.3 Å². The molecule has 0 amide bonds. The van der Waals surface area contributed by atoms with Crippen LogP contribution in [-0.4, -0.2) is 37.0 Å².